The molecule has 0 aliphatic rings. The number of hydrogen-bond acceptors (Lipinski definition) is 6. The summed E-state index contributed by atoms with van der Waals surface area (Å²) in [6, 6.07) is 15.9. The summed E-state index contributed by atoms with van der Waals surface area (Å²) in [6.07, 6.45) is 0. The van der Waals surface area contributed by atoms with Gasteiger partial charge >= 0.3 is 6.01 Å². The van der Waals surface area contributed by atoms with Crippen LogP contribution < -0.4 is 16.2 Å². The lowest BCUT2D eigenvalue weighted by Crippen LogP contribution is -2.04. The molecule has 0 radical (unpaired) electrons. The van der Waals surface area contributed by atoms with Gasteiger partial charge in [0.05, 0.1) is 0 Å². The summed E-state index contributed by atoms with van der Waals surface area (Å²) in [5.74, 6) is 0.653. The summed E-state index contributed by atoms with van der Waals surface area (Å²) < 4.78 is 5.54. The smallest absolute Gasteiger partial charge is 0.328 e. The van der Waals surface area contributed by atoms with Crippen molar-refractivity contribution in [2.45, 2.75) is 6.92 Å². The summed E-state index contributed by atoms with van der Waals surface area (Å²) in [4.78, 5) is 11.4. The van der Waals surface area contributed by atoms with Crippen molar-refractivity contribution in [1.82, 2.24) is 15.0 Å². The van der Waals surface area contributed by atoms with Crippen molar-refractivity contribution in [2.24, 2.45) is 0 Å². The van der Waals surface area contributed by atoms with Gasteiger partial charge in [-0.1, -0.05) is 36.4 Å². The average molecular weight is 293 g/mol. The molecule has 0 bridgehead atoms. The highest BCUT2D eigenvalue weighted by atomic mass is 16.5. The van der Waals surface area contributed by atoms with E-state index in [1.165, 1.54) is 11.1 Å². The Kier molecular flexibility index (Phi) is 3.57. The maximum Gasteiger partial charge on any atom is 0.328 e. The molecule has 6 heteroatoms. The Balaban J connectivity index is 1.84. The van der Waals surface area contributed by atoms with Crippen LogP contribution in [0.5, 0.6) is 11.8 Å². The van der Waals surface area contributed by atoms with Gasteiger partial charge in [0, 0.05) is 0 Å². The standard InChI is InChI=1S/C16H15N5O/c1-10-4-2-3-5-13(10)11-6-8-12(9-7-11)22-16-20-14(17)19-15(18)21-16/h2-9H,1H3,(H4,17,18,19,20,21). The van der Waals surface area contributed by atoms with E-state index in [0.29, 0.717) is 5.75 Å². The molecule has 0 saturated heterocycles. The Morgan fingerprint density at radius 2 is 1.45 bits per heavy atom. The highest BCUT2D eigenvalue weighted by molar-refractivity contribution is 5.67. The number of nitrogens with zero attached hydrogens (tertiary/aromatic N) is 3. The first-order valence-electron chi connectivity index (χ1n) is 6.73. The van der Waals surface area contributed by atoms with Crippen LogP contribution in [0.1, 0.15) is 5.56 Å². The zero-order valence-corrected chi connectivity index (χ0v) is 12.0. The highest BCUT2D eigenvalue weighted by Crippen LogP contribution is 2.26. The molecule has 0 unspecified atom stereocenters. The molecule has 0 aliphatic heterocycles. The second-order valence-electron chi connectivity index (χ2n) is 4.78. The monoisotopic (exact) mass is 293 g/mol. The molecule has 0 aliphatic carbocycles. The molecular weight excluding hydrogens is 278 g/mol. The minimum atomic E-state index is 0.0269. The molecule has 0 saturated carbocycles. The number of hydrogen-bond donors (Lipinski definition) is 2. The Morgan fingerprint density at radius 1 is 0.818 bits per heavy atom. The number of aromatic nitrogens is 3. The Morgan fingerprint density at radius 3 is 2.09 bits per heavy atom. The maximum atomic E-state index is 5.54. The largest absolute Gasteiger partial charge is 0.424 e. The second kappa shape index (κ2) is 5.69. The average Bonchev–Trinajstić information content (AvgIpc) is 2.48. The van der Waals surface area contributed by atoms with Crippen molar-refractivity contribution in [3.05, 3.63) is 54.1 Å². The van der Waals surface area contributed by atoms with Crippen LogP contribution in [0, 0.1) is 6.92 Å². The normalized spacial score (nSPS) is 10.4. The van der Waals surface area contributed by atoms with Crippen LogP contribution in [-0.4, -0.2) is 15.0 Å². The predicted octanol–water partition coefficient (Wildman–Crippen LogP) is 2.80. The van der Waals surface area contributed by atoms with Crippen LogP contribution in [0.3, 0.4) is 0 Å². The van der Waals surface area contributed by atoms with Crippen molar-refractivity contribution < 1.29 is 4.74 Å². The first-order chi connectivity index (χ1) is 10.6. The van der Waals surface area contributed by atoms with Gasteiger partial charge in [0.25, 0.3) is 0 Å². The molecule has 1 aromatic heterocycles. The van der Waals surface area contributed by atoms with E-state index in [1.807, 2.05) is 36.4 Å². The van der Waals surface area contributed by atoms with Gasteiger partial charge in [-0.15, -0.1) is 0 Å². The molecular formula is C16H15N5O. The van der Waals surface area contributed by atoms with Gasteiger partial charge in [0.1, 0.15) is 5.75 Å². The number of ether oxygens (including phenoxy) is 1. The van der Waals surface area contributed by atoms with Crippen LogP contribution in [0.15, 0.2) is 48.5 Å². The van der Waals surface area contributed by atoms with E-state index in [1.54, 1.807) is 0 Å². The van der Waals surface area contributed by atoms with Crippen LogP contribution in [0.2, 0.25) is 0 Å². The summed E-state index contributed by atoms with van der Waals surface area (Å²) in [6.45, 7) is 2.08. The van der Waals surface area contributed by atoms with Crippen molar-refractivity contribution in [3.8, 4) is 22.9 Å². The Hall–Kier alpha value is -3.15. The van der Waals surface area contributed by atoms with Crippen LogP contribution in [-0.2, 0) is 0 Å². The van der Waals surface area contributed by atoms with Gasteiger partial charge in [-0.2, -0.15) is 15.0 Å². The number of anilines is 2. The number of benzene rings is 2. The van der Waals surface area contributed by atoms with E-state index in [2.05, 4.69) is 34.0 Å². The lowest BCUT2D eigenvalue weighted by Gasteiger charge is -2.08. The number of nitrogens with two attached hydrogens (primary N) is 2. The quantitative estimate of drug-likeness (QED) is 0.770. The summed E-state index contributed by atoms with van der Waals surface area (Å²) >= 11 is 0. The third kappa shape index (κ3) is 2.95. The second-order valence-corrected chi connectivity index (χ2v) is 4.78. The first-order valence-corrected chi connectivity index (χ1v) is 6.73. The Labute approximate surface area is 127 Å². The molecule has 0 fully saturated rings. The van der Waals surface area contributed by atoms with Gasteiger partial charge in [0.2, 0.25) is 11.9 Å². The minimum Gasteiger partial charge on any atom is -0.424 e. The van der Waals surface area contributed by atoms with Gasteiger partial charge in [-0.3, -0.25) is 0 Å². The fourth-order valence-electron chi connectivity index (χ4n) is 2.14. The van der Waals surface area contributed by atoms with Gasteiger partial charge in [-0.05, 0) is 35.7 Å². The molecule has 6 nitrogen and oxygen atoms in total. The molecule has 4 N–H and O–H groups in total. The molecule has 0 amide bonds. The number of nitrogen functional groups attached to an aromatic ring is 2. The van der Waals surface area contributed by atoms with Gasteiger partial charge < -0.3 is 16.2 Å². The first kappa shape index (κ1) is 13.8. The molecule has 110 valence electrons. The molecule has 2 aromatic carbocycles. The SMILES string of the molecule is Cc1ccccc1-c1ccc(Oc2nc(N)nc(N)n2)cc1. The van der Waals surface area contributed by atoms with Crippen LogP contribution >= 0.6 is 0 Å². The van der Waals surface area contributed by atoms with Gasteiger partial charge in [-0.25, -0.2) is 0 Å². The molecule has 3 aromatic rings. The molecule has 22 heavy (non-hydrogen) atoms. The van der Waals surface area contributed by atoms with E-state index < -0.39 is 0 Å². The van der Waals surface area contributed by atoms with Crippen molar-refractivity contribution in [2.75, 3.05) is 11.5 Å². The summed E-state index contributed by atoms with van der Waals surface area (Å²) in [7, 11) is 0. The topological polar surface area (TPSA) is 99.9 Å². The lowest BCUT2D eigenvalue weighted by molar-refractivity contribution is 0.442. The van der Waals surface area contributed by atoms with E-state index in [4.69, 9.17) is 16.2 Å². The van der Waals surface area contributed by atoms with Gasteiger partial charge in [0.15, 0.2) is 0 Å². The molecule has 0 atom stereocenters. The lowest BCUT2D eigenvalue weighted by atomic mass is 10.0. The Bertz CT molecular complexity index is 782. The van der Waals surface area contributed by atoms with Crippen molar-refractivity contribution >= 4 is 11.9 Å². The third-order valence-electron chi connectivity index (χ3n) is 3.17. The van der Waals surface area contributed by atoms with E-state index in [-0.39, 0.29) is 17.9 Å². The minimum absolute atomic E-state index is 0.0269. The van der Waals surface area contributed by atoms with E-state index in [9.17, 15) is 0 Å². The molecule has 3 rings (SSSR count). The van der Waals surface area contributed by atoms with Crippen LogP contribution in [0.25, 0.3) is 11.1 Å². The third-order valence-corrected chi connectivity index (χ3v) is 3.17. The number of rotatable bonds is 3. The summed E-state index contributed by atoms with van der Waals surface area (Å²) in [5, 5.41) is 0. The van der Waals surface area contributed by atoms with E-state index >= 15 is 0 Å². The maximum absolute atomic E-state index is 5.54. The van der Waals surface area contributed by atoms with Crippen molar-refractivity contribution in [1.29, 1.82) is 0 Å². The highest BCUT2D eigenvalue weighted by Gasteiger charge is 2.06. The predicted molar refractivity (Wildman–Crippen MR) is 85.3 cm³/mol. The van der Waals surface area contributed by atoms with Crippen LogP contribution in [0.4, 0.5) is 11.9 Å². The zero-order valence-electron chi connectivity index (χ0n) is 12.0. The molecule has 1 heterocycles. The summed E-state index contributed by atoms with van der Waals surface area (Å²) in [5.41, 5.74) is 14.5. The fraction of sp³-hybridized carbons (Fsp3) is 0.0625. The fourth-order valence-corrected chi connectivity index (χ4v) is 2.14. The zero-order chi connectivity index (χ0) is 15.5. The van der Waals surface area contributed by atoms with E-state index in [0.717, 1.165) is 5.56 Å². The number of aryl methyl sites for hydroxylation is 1. The van der Waals surface area contributed by atoms with Crippen molar-refractivity contribution in [3.63, 3.8) is 0 Å². The molecule has 0 spiro atoms.